The molecule has 0 atom stereocenters. The molecule has 6 heteroatoms. The van der Waals surface area contributed by atoms with E-state index >= 15 is 0 Å². The molecule has 0 bridgehead atoms. The summed E-state index contributed by atoms with van der Waals surface area (Å²) in [6, 6.07) is 4.82. The van der Waals surface area contributed by atoms with E-state index in [1.807, 2.05) is 11.8 Å². The van der Waals surface area contributed by atoms with Gasteiger partial charge in [0.25, 0.3) is 0 Å². The predicted octanol–water partition coefficient (Wildman–Crippen LogP) is 0.491. The summed E-state index contributed by atoms with van der Waals surface area (Å²) in [4.78, 5) is 2.06. The van der Waals surface area contributed by atoms with Crippen molar-refractivity contribution in [2.45, 2.75) is 11.8 Å². The van der Waals surface area contributed by atoms with Gasteiger partial charge in [-0.15, -0.1) is 0 Å². The molecule has 0 aliphatic rings. The van der Waals surface area contributed by atoms with Crippen LogP contribution in [-0.2, 0) is 9.84 Å². The molecule has 0 aliphatic heterocycles. The molecule has 96 valence electrons. The number of hydrogen-bond donors (Lipinski definition) is 2. The third-order valence-electron chi connectivity index (χ3n) is 2.51. The lowest BCUT2D eigenvalue weighted by atomic mass is 10.2. The zero-order valence-corrected chi connectivity index (χ0v) is 10.9. The summed E-state index contributed by atoms with van der Waals surface area (Å²) in [5.74, 6) is 0. The average molecular weight is 258 g/mol. The van der Waals surface area contributed by atoms with E-state index in [1.165, 1.54) is 6.07 Å². The first kappa shape index (κ1) is 13.8. The zero-order valence-electron chi connectivity index (χ0n) is 10.0. The lowest BCUT2D eigenvalue weighted by Gasteiger charge is -2.22. The number of nitrogen functional groups attached to an aromatic ring is 1. The van der Waals surface area contributed by atoms with Gasteiger partial charge in [-0.25, -0.2) is 8.42 Å². The Morgan fingerprint density at radius 3 is 2.47 bits per heavy atom. The van der Waals surface area contributed by atoms with Gasteiger partial charge in [0.05, 0.1) is 17.2 Å². The summed E-state index contributed by atoms with van der Waals surface area (Å²) in [7, 11) is -3.29. The van der Waals surface area contributed by atoms with Gasteiger partial charge in [0.15, 0.2) is 9.84 Å². The standard InChI is InChI=1S/C11H18N2O3S/c1-3-13(6-7-14)9-4-5-11(10(12)8-9)17(2,15)16/h4-5,8,14H,3,6-7,12H2,1-2H3. The van der Waals surface area contributed by atoms with E-state index in [9.17, 15) is 8.42 Å². The molecule has 17 heavy (non-hydrogen) atoms. The van der Waals surface area contributed by atoms with Crippen molar-refractivity contribution in [3.63, 3.8) is 0 Å². The first-order chi connectivity index (χ1) is 7.90. The smallest absolute Gasteiger partial charge is 0.177 e. The molecule has 1 aromatic rings. The lowest BCUT2D eigenvalue weighted by Crippen LogP contribution is -2.26. The molecule has 0 aliphatic carbocycles. The minimum absolute atomic E-state index is 0.0432. The summed E-state index contributed by atoms with van der Waals surface area (Å²) < 4.78 is 22.8. The van der Waals surface area contributed by atoms with Crippen molar-refractivity contribution in [1.29, 1.82) is 0 Å². The van der Waals surface area contributed by atoms with Gasteiger partial charge in [0, 0.05) is 25.0 Å². The maximum Gasteiger partial charge on any atom is 0.177 e. The molecule has 0 saturated carbocycles. The SMILES string of the molecule is CCN(CCO)c1ccc(S(C)(=O)=O)c(N)c1. The highest BCUT2D eigenvalue weighted by Crippen LogP contribution is 2.24. The fourth-order valence-corrected chi connectivity index (χ4v) is 2.46. The van der Waals surface area contributed by atoms with Crippen molar-refractivity contribution in [3.05, 3.63) is 18.2 Å². The molecule has 3 N–H and O–H groups in total. The van der Waals surface area contributed by atoms with E-state index in [1.54, 1.807) is 12.1 Å². The van der Waals surface area contributed by atoms with Crippen molar-refractivity contribution in [1.82, 2.24) is 0 Å². The van der Waals surface area contributed by atoms with Crippen LogP contribution in [0.3, 0.4) is 0 Å². The van der Waals surface area contributed by atoms with Gasteiger partial charge in [-0.3, -0.25) is 0 Å². The van der Waals surface area contributed by atoms with Crippen LogP contribution in [0.1, 0.15) is 6.92 Å². The maximum absolute atomic E-state index is 11.4. The first-order valence-corrected chi connectivity index (χ1v) is 7.24. The Kier molecular flexibility index (Phi) is 4.36. The van der Waals surface area contributed by atoms with E-state index in [2.05, 4.69) is 0 Å². The number of aliphatic hydroxyl groups is 1. The molecule has 0 spiro atoms. The Morgan fingerprint density at radius 2 is 2.06 bits per heavy atom. The second kappa shape index (κ2) is 5.37. The molecule has 0 unspecified atom stereocenters. The summed E-state index contributed by atoms with van der Waals surface area (Å²) in [5, 5.41) is 8.91. The minimum atomic E-state index is -3.29. The predicted molar refractivity (Wildman–Crippen MR) is 68.9 cm³/mol. The van der Waals surface area contributed by atoms with Crippen molar-refractivity contribution in [3.8, 4) is 0 Å². The van der Waals surface area contributed by atoms with Crippen molar-refractivity contribution in [2.75, 3.05) is 36.6 Å². The van der Waals surface area contributed by atoms with Crippen LogP contribution in [-0.4, -0.2) is 39.5 Å². The summed E-state index contributed by atoms with van der Waals surface area (Å²) in [6.45, 7) is 3.21. The van der Waals surface area contributed by atoms with E-state index in [0.717, 1.165) is 18.5 Å². The topological polar surface area (TPSA) is 83.6 Å². The number of nitrogens with zero attached hydrogens (tertiary/aromatic N) is 1. The third-order valence-corrected chi connectivity index (χ3v) is 3.68. The van der Waals surface area contributed by atoms with Gasteiger partial charge >= 0.3 is 0 Å². The van der Waals surface area contributed by atoms with E-state index in [-0.39, 0.29) is 17.2 Å². The number of benzene rings is 1. The van der Waals surface area contributed by atoms with E-state index in [0.29, 0.717) is 6.54 Å². The Labute approximate surface area is 102 Å². The molecular weight excluding hydrogens is 240 g/mol. The molecule has 1 aromatic carbocycles. The van der Waals surface area contributed by atoms with Crippen LogP contribution in [0.4, 0.5) is 11.4 Å². The van der Waals surface area contributed by atoms with Crippen LogP contribution in [0.25, 0.3) is 0 Å². The van der Waals surface area contributed by atoms with Gasteiger partial charge in [0.1, 0.15) is 0 Å². The molecule has 0 heterocycles. The number of aliphatic hydroxyl groups excluding tert-OH is 1. The summed E-state index contributed by atoms with van der Waals surface area (Å²) in [6.07, 6.45) is 1.13. The Hall–Kier alpha value is -1.27. The fourth-order valence-electron chi connectivity index (χ4n) is 1.66. The number of rotatable bonds is 5. The Morgan fingerprint density at radius 1 is 1.41 bits per heavy atom. The van der Waals surface area contributed by atoms with Gasteiger partial charge in [-0.2, -0.15) is 0 Å². The molecule has 0 aromatic heterocycles. The maximum atomic E-state index is 11.4. The van der Waals surface area contributed by atoms with Crippen LogP contribution in [0.15, 0.2) is 23.1 Å². The highest BCUT2D eigenvalue weighted by atomic mass is 32.2. The quantitative estimate of drug-likeness (QED) is 0.751. The minimum Gasteiger partial charge on any atom is -0.398 e. The lowest BCUT2D eigenvalue weighted by molar-refractivity contribution is 0.302. The monoisotopic (exact) mass is 258 g/mol. The Balaban J connectivity index is 3.12. The summed E-state index contributed by atoms with van der Waals surface area (Å²) >= 11 is 0. The van der Waals surface area contributed by atoms with Gasteiger partial charge in [-0.05, 0) is 25.1 Å². The zero-order chi connectivity index (χ0) is 13.1. The number of anilines is 2. The number of likely N-dealkylation sites (N-methyl/N-ethyl adjacent to an activating group) is 1. The van der Waals surface area contributed by atoms with Crippen LogP contribution in [0.5, 0.6) is 0 Å². The third kappa shape index (κ3) is 3.34. The molecule has 5 nitrogen and oxygen atoms in total. The van der Waals surface area contributed by atoms with Crippen molar-refractivity contribution < 1.29 is 13.5 Å². The van der Waals surface area contributed by atoms with Crippen LogP contribution in [0, 0.1) is 0 Å². The highest BCUT2D eigenvalue weighted by Gasteiger charge is 2.13. The normalized spacial score (nSPS) is 11.5. The van der Waals surface area contributed by atoms with E-state index < -0.39 is 9.84 Å². The van der Waals surface area contributed by atoms with Gasteiger partial charge < -0.3 is 15.7 Å². The Bertz CT molecular complexity index is 485. The number of nitrogens with two attached hydrogens (primary N) is 1. The second-order valence-corrected chi connectivity index (χ2v) is 5.78. The van der Waals surface area contributed by atoms with Crippen molar-refractivity contribution in [2.24, 2.45) is 0 Å². The highest BCUT2D eigenvalue weighted by molar-refractivity contribution is 7.90. The number of sulfone groups is 1. The van der Waals surface area contributed by atoms with Crippen molar-refractivity contribution >= 4 is 21.2 Å². The molecule has 0 fully saturated rings. The molecular formula is C11H18N2O3S. The van der Waals surface area contributed by atoms with Gasteiger partial charge in [0.2, 0.25) is 0 Å². The second-order valence-electron chi connectivity index (χ2n) is 3.80. The largest absolute Gasteiger partial charge is 0.398 e. The van der Waals surface area contributed by atoms with Crippen LogP contribution in [0.2, 0.25) is 0 Å². The molecule has 0 radical (unpaired) electrons. The average Bonchev–Trinajstić information content (AvgIpc) is 2.23. The molecule has 1 rings (SSSR count). The van der Waals surface area contributed by atoms with Crippen LogP contribution >= 0.6 is 0 Å². The number of hydrogen-bond acceptors (Lipinski definition) is 5. The summed E-state index contributed by atoms with van der Waals surface area (Å²) in [5.41, 5.74) is 6.78. The van der Waals surface area contributed by atoms with Gasteiger partial charge in [-0.1, -0.05) is 0 Å². The van der Waals surface area contributed by atoms with Crippen LogP contribution < -0.4 is 10.6 Å². The fraction of sp³-hybridized carbons (Fsp3) is 0.455. The molecule has 0 amide bonds. The van der Waals surface area contributed by atoms with E-state index in [4.69, 9.17) is 10.8 Å². The first-order valence-electron chi connectivity index (χ1n) is 5.35. The molecule has 0 saturated heterocycles.